The lowest BCUT2D eigenvalue weighted by Crippen LogP contribution is -1.96. The van der Waals surface area contributed by atoms with E-state index in [0.717, 1.165) is 179 Å². The third kappa shape index (κ3) is 12.7. The molecule has 0 atom stereocenters. The maximum Gasteiger partial charge on any atom is 0.0886 e. The second kappa shape index (κ2) is 28.0. The zero-order valence-electron chi connectivity index (χ0n) is 55.6. The quantitative estimate of drug-likeness (QED) is 0.0959. The second-order valence-electron chi connectivity index (χ2n) is 25.3. The van der Waals surface area contributed by atoms with Crippen LogP contribution in [0.4, 0.5) is 0 Å². The predicted molar refractivity (Wildman–Crippen MR) is 420 cm³/mol. The molecule has 11 aromatic carbocycles. The van der Waals surface area contributed by atoms with Gasteiger partial charge in [0.25, 0.3) is 0 Å². The summed E-state index contributed by atoms with van der Waals surface area (Å²) in [5.41, 5.74) is 33.4. The normalized spacial score (nSPS) is 11.1. The van der Waals surface area contributed by atoms with Crippen molar-refractivity contribution in [3.8, 4) is 179 Å². The molecule has 0 radical (unpaired) electrons. The first-order chi connectivity index (χ1) is 50.6. The van der Waals surface area contributed by atoms with Crippen LogP contribution in [0.15, 0.2) is 389 Å². The van der Waals surface area contributed by atoms with Crippen molar-refractivity contribution in [2.45, 2.75) is 0 Å². The Balaban J connectivity index is 0.890. The van der Waals surface area contributed by atoms with Gasteiger partial charge in [0.1, 0.15) is 0 Å². The SMILES string of the molecule is c1ccc(-c2ccc(-c3ccccc3-c3cc(-c4ccccc4-c4ccc(-c5ccccn5)cc4)cc(-c4cccc(-c5cc(-c6ccccc6-c6ccc(-c7ccccn7)cc6)cc(-c6ccccc6-c6ccc(-c7ccccn7)cc6)c5)c4-c4ccc(-c5ccccn5)nc4)c3)cc2)nc1. The molecule has 0 saturated heterocycles. The number of aromatic nitrogens is 6. The van der Waals surface area contributed by atoms with Gasteiger partial charge in [0.15, 0.2) is 0 Å². The molecular formula is C96H64N6. The molecule has 0 fully saturated rings. The maximum atomic E-state index is 5.26. The van der Waals surface area contributed by atoms with Crippen LogP contribution in [0.3, 0.4) is 0 Å². The van der Waals surface area contributed by atoms with Gasteiger partial charge in [-0.3, -0.25) is 29.9 Å². The highest BCUT2D eigenvalue weighted by Gasteiger charge is 2.23. The van der Waals surface area contributed by atoms with Crippen molar-refractivity contribution in [1.82, 2.24) is 29.9 Å². The summed E-state index contributed by atoms with van der Waals surface area (Å²) in [6.07, 6.45) is 11.2. The molecular weight excluding hydrogens is 1240 g/mol. The van der Waals surface area contributed by atoms with Crippen molar-refractivity contribution in [3.05, 3.63) is 389 Å². The van der Waals surface area contributed by atoms with Crippen LogP contribution in [0.1, 0.15) is 0 Å². The summed E-state index contributed by atoms with van der Waals surface area (Å²) in [5, 5.41) is 0. The van der Waals surface area contributed by atoms with Gasteiger partial charge in [-0.1, -0.05) is 249 Å². The van der Waals surface area contributed by atoms with Crippen molar-refractivity contribution in [3.63, 3.8) is 0 Å². The van der Waals surface area contributed by atoms with Gasteiger partial charge in [-0.25, -0.2) is 0 Å². The number of hydrogen-bond donors (Lipinski definition) is 0. The molecule has 0 aliphatic heterocycles. The predicted octanol–water partition coefficient (Wildman–Crippen LogP) is 24.7. The average molecular weight is 1300 g/mol. The largest absolute Gasteiger partial charge is 0.256 e. The van der Waals surface area contributed by atoms with Crippen molar-refractivity contribution in [2.24, 2.45) is 0 Å². The van der Waals surface area contributed by atoms with Gasteiger partial charge in [-0.05, 0) is 220 Å². The van der Waals surface area contributed by atoms with E-state index in [2.05, 4.69) is 305 Å². The first-order valence-electron chi connectivity index (χ1n) is 34.3. The molecule has 17 rings (SSSR count). The standard InChI is InChI=1S/C96H64N6/c1-5-24-84(80(20-1)65-35-43-69(44-36-65)90-30-9-14-53-97-90)74-58-75(85-25-6-2-21-81(85)66-37-45-70(46-38-66)91-31-10-15-54-98-91)61-78(60-74)88-28-19-29-89(96(88)73-51-52-95(102-64-73)94-34-13-18-57-101-94)79-62-76(86-26-7-3-22-82(86)67-39-47-71(48-40-67)92-32-11-16-55-99-92)59-77(63-79)87-27-8-4-23-83(87)68-41-49-72(50-42-68)93-33-12-17-56-100-93/h1-64H. The van der Waals surface area contributed by atoms with Gasteiger partial charge >= 0.3 is 0 Å². The summed E-state index contributed by atoms with van der Waals surface area (Å²) < 4.78 is 0. The topological polar surface area (TPSA) is 77.3 Å². The van der Waals surface area contributed by atoms with Gasteiger partial charge in [0, 0.05) is 65.0 Å². The fraction of sp³-hybridized carbons (Fsp3) is 0. The molecule has 0 amide bonds. The van der Waals surface area contributed by atoms with Gasteiger partial charge in [0.2, 0.25) is 0 Å². The van der Waals surface area contributed by atoms with Crippen LogP contribution < -0.4 is 0 Å². The number of rotatable bonds is 16. The zero-order valence-corrected chi connectivity index (χ0v) is 55.6. The lowest BCUT2D eigenvalue weighted by Gasteiger charge is -2.21. The Morgan fingerprint density at radius 3 is 0.578 bits per heavy atom. The fourth-order valence-electron chi connectivity index (χ4n) is 14.1. The van der Waals surface area contributed by atoms with Crippen LogP contribution in [0.5, 0.6) is 0 Å². The van der Waals surface area contributed by atoms with Gasteiger partial charge in [-0.2, -0.15) is 0 Å². The van der Waals surface area contributed by atoms with Crippen LogP contribution in [0.25, 0.3) is 179 Å². The van der Waals surface area contributed by atoms with E-state index < -0.39 is 0 Å². The van der Waals surface area contributed by atoms with Gasteiger partial charge < -0.3 is 0 Å². The Hall–Kier alpha value is -13.7. The zero-order chi connectivity index (χ0) is 68.0. The maximum absolute atomic E-state index is 5.26. The highest BCUT2D eigenvalue weighted by atomic mass is 14.8. The molecule has 0 unspecified atom stereocenters. The molecule has 6 heterocycles. The number of nitrogens with zero attached hydrogens (tertiary/aromatic N) is 6. The Morgan fingerprint density at radius 2 is 0.333 bits per heavy atom. The van der Waals surface area contributed by atoms with Crippen LogP contribution >= 0.6 is 0 Å². The third-order valence-electron chi connectivity index (χ3n) is 19.1. The molecule has 0 aliphatic carbocycles. The van der Waals surface area contributed by atoms with Crippen LogP contribution in [0, 0.1) is 0 Å². The number of pyridine rings is 6. The average Bonchev–Trinajstić information content (AvgIpc) is 0.756. The first kappa shape index (κ1) is 61.9. The van der Waals surface area contributed by atoms with E-state index in [0.29, 0.717) is 0 Å². The van der Waals surface area contributed by atoms with E-state index in [1.54, 1.807) is 0 Å². The lowest BCUT2D eigenvalue weighted by molar-refractivity contribution is 1.25. The molecule has 0 spiro atoms. The Kier molecular flexibility index (Phi) is 17.0. The number of benzene rings is 11. The van der Waals surface area contributed by atoms with Crippen molar-refractivity contribution in [1.29, 1.82) is 0 Å². The third-order valence-corrected chi connectivity index (χ3v) is 19.1. The summed E-state index contributed by atoms with van der Waals surface area (Å²) in [7, 11) is 0. The highest BCUT2D eigenvalue weighted by Crippen LogP contribution is 2.48. The summed E-state index contributed by atoms with van der Waals surface area (Å²) in [5.74, 6) is 0. The molecule has 6 heteroatoms. The molecule has 478 valence electrons. The monoisotopic (exact) mass is 1300 g/mol. The molecule has 6 nitrogen and oxygen atoms in total. The minimum absolute atomic E-state index is 0.788. The smallest absolute Gasteiger partial charge is 0.0886 e. The highest BCUT2D eigenvalue weighted by molar-refractivity contribution is 6.01. The van der Waals surface area contributed by atoms with Crippen LogP contribution in [-0.4, -0.2) is 29.9 Å². The van der Waals surface area contributed by atoms with Crippen molar-refractivity contribution >= 4 is 0 Å². The molecule has 17 aromatic rings. The second-order valence-corrected chi connectivity index (χ2v) is 25.3. The van der Waals surface area contributed by atoms with Gasteiger partial charge in [-0.15, -0.1) is 0 Å². The van der Waals surface area contributed by atoms with E-state index in [-0.39, 0.29) is 0 Å². The van der Waals surface area contributed by atoms with E-state index in [9.17, 15) is 0 Å². The summed E-state index contributed by atoms with van der Waals surface area (Å²) in [4.78, 5) is 28.8. The van der Waals surface area contributed by atoms with E-state index in [4.69, 9.17) is 9.97 Å². The Bertz CT molecular complexity index is 5190. The first-order valence-corrected chi connectivity index (χ1v) is 34.3. The van der Waals surface area contributed by atoms with Crippen molar-refractivity contribution < 1.29 is 0 Å². The molecule has 0 saturated carbocycles. The minimum Gasteiger partial charge on any atom is -0.256 e. The summed E-state index contributed by atoms with van der Waals surface area (Å²) in [6.45, 7) is 0. The van der Waals surface area contributed by atoms with Crippen LogP contribution in [-0.2, 0) is 0 Å². The van der Waals surface area contributed by atoms with E-state index >= 15 is 0 Å². The molecule has 0 N–H and O–H groups in total. The van der Waals surface area contributed by atoms with Crippen molar-refractivity contribution in [2.75, 3.05) is 0 Å². The Morgan fingerprint density at radius 1 is 0.127 bits per heavy atom. The minimum atomic E-state index is 0.788. The molecule has 6 aromatic heterocycles. The lowest BCUT2D eigenvalue weighted by atomic mass is 9.83. The molecule has 102 heavy (non-hydrogen) atoms. The van der Waals surface area contributed by atoms with E-state index in [1.165, 1.54) is 0 Å². The summed E-state index contributed by atoms with van der Waals surface area (Å²) >= 11 is 0. The number of hydrogen-bond acceptors (Lipinski definition) is 6. The Labute approximate surface area is 594 Å². The summed E-state index contributed by atoms with van der Waals surface area (Å²) in [6, 6.07) is 126. The van der Waals surface area contributed by atoms with E-state index in [1.807, 2.05) is 104 Å². The van der Waals surface area contributed by atoms with Crippen LogP contribution in [0.2, 0.25) is 0 Å². The molecule has 0 bridgehead atoms. The molecule has 0 aliphatic rings. The fourth-order valence-corrected chi connectivity index (χ4v) is 14.1. The van der Waals surface area contributed by atoms with Gasteiger partial charge in [0.05, 0.1) is 34.2 Å².